The van der Waals surface area contributed by atoms with Gasteiger partial charge in [-0.2, -0.15) is 0 Å². The zero-order valence-electron chi connectivity index (χ0n) is 11.5. The van der Waals surface area contributed by atoms with Crippen molar-refractivity contribution in [3.05, 3.63) is 59.9 Å². The van der Waals surface area contributed by atoms with Crippen molar-refractivity contribution in [1.29, 1.82) is 0 Å². The maximum Gasteiger partial charge on any atom is 0.0626 e. The van der Waals surface area contributed by atoms with E-state index in [0.29, 0.717) is 5.92 Å². The zero-order valence-corrected chi connectivity index (χ0v) is 11.5. The van der Waals surface area contributed by atoms with Gasteiger partial charge in [0.25, 0.3) is 0 Å². The van der Waals surface area contributed by atoms with E-state index in [2.05, 4.69) is 30.2 Å². The lowest BCUT2D eigenvalue weighted by Crippen LogP contribution is -2.32. The van der Waals surface area contributed by atoms with E-state index in [4.69, 9.17) is 0 Å². The van der Waals surface area contributed by atoms with Gasteiger partial charge in [-0.05, 0) is 23.6 Å². The Labute approximate surface area is 114 Å². The van der Waals surface area contributed by atoms with Crippen LogP contribution >= 0.6 is 0 Å². The Hall–Kier alpha value is -1.58. The van der Waals surface area contributed by atoms with Gasteiger partial charge < -0.3 is 10.1 Å². The predicted molar refractivity (Wildman–Crippen MR) is 77.8 cm³/mol. The van der Waals surface area contributed by atoms with Crippen LogP contribution in [0.2, 0.25) is 0 Å². The van der Waals surface area contributed by atoms with Crippen LogP contribution in [0, 0.1) is 5.92 Å². The Balaban J connectivity index is 2.16. The highest BCUT2D eigenvalue weighted by atomic mass is 16.3. The fourth-order valence-corrected chi connectivity index (χ4v) is 2.34. The van der Waals surface area contributed by atoms with E-state index >= 15 is 0 Å². The maximum atomic E-state index is 9.63. The summed E-state index contributed by atoms with van der Waals surface area (Å²) in [5.74, 6) is 0.441. The van der Waals surface area contributed by atoms with Crippen molar-refractivity contribution in [2.75, 3.05) is 6.61 Å². The molecule has 0 aliphatic rings. The lowest BCUT2D eigenvalue weighted by molar-refractivity contribution is 0.220. The van der Waals surface area contributed by atoms with Crippen LogP contribution in [0.3, 0.4) is 0 Å². The second-order valence-corrected chi connectivity index (χ2v) is 5.16. The van der Waals surface area contributed by atoms with Crippen LogP contribution in [0.1, 0.15) is 37.2 Å². The van der Waals surface area contributed by atoms with E-state index < -0.39 is 0 Å². The Bertz CT molecular complexity index is 465. The molecule has 1 aromatic carbocycles. The summed E-state index contributed by atoms with van der Waals surface area (Å²) in [7, 11) is 0. The molecule has 2 aromatic rings. The molecule has 0 spiro atoms. The van der Waals surface area contributed by atoms with Crippen LogP contribution in [-0.2, 0) is 0 Å². The van der Waals surface area contributed by atoms with E-state index in [1.165, 1.54) is 0 Å². The van der Waals surface area contributed by atoms with Crippen LogP contribution in [0.5, 0.6) is 0 Å². The minimum atomic E-state index is -0.0445. The molecule has 3 nitrogen and oxygen atoms in total. The summed E-state index contributed by atoms with van der Waals surface area (Å²) in [6.45, 7) is 4.45. The summed E-state index contributed by atoms with van der Waals surface area (Å²) in [4.78, 5) is 3.26. The second kappa shape index (κ2) is 6.55. The first kappa shape index (κ1) is 13.8. The second-order valence-electron chi connectivity index (χ2n) is 5.16. The van der Waals surface area contributed by atoms with Crippen LogP contribution in [0.15, 0.2) is 48.7 Å². The Morgan fingerprint density at radius 3 is 2.37 bits per heavy atom. The fraction of sp³-hybridized carbons (Fsp3) is 0.375. The third-order valence-electron chi connectivity index (χ3n) is 3.39. The van der Waals surface area contributed by atoms with Crippen molar-refractivity contribution in [3.8, 4) is 0 Å². The fourth-order valence-electron chi connectivity index (χ4n) is 2.34. The number of aromatic nitrogens is 1. The summed E-state index contributed by atoms with van der Waals surface area (Å²) in [5.41, 5.74) is 2.27. The van der Waals surface area contributed by atoms with Crippen molar-refractivity contribution < 1.29 is 5.11 Å². The summed E-state index contributed by atoms with van der Waals surface area (Å²) in [6, 6.07) is 14.3. The molecule has 0 amide bonds. The molecule has 0 aliphatic carbocycles. The predicted octanol–water partition coefficient (Wildman–Crippen LogP) is 3.04. The van der Waals surface area contributed by atoms with E-state index in [0.717, 1.165) is 11.3 Å². The topological polar surface area (TPSA) is 48.0 Å². The van der Waals surface area contributed by atoms with Crippen molar-refractivity contribution in [2.45, 2.75) is 25.9 Å². The van der Waals surface area contributed by atoms with Gasteiger partial charge in [0.15, 0.2) is 0 Å². The molecular formula is C16H22N2O. The normalized spacial score (nSPS) is 14.5. The van der Waals surface area contributed by atoms with Gasteiger partial charge in [0.2, 0.25) is 0 Å². The molecule has 1 aromatic heterocycles. The smallest absolute Gasteiger partial charge is 0.0626 e. The number of aromatic amines is 1. The average Bonchev–Trinajstić information content (AvgIpc) is 2.94. The van der Waals surface area contributed by atoms with Gasteiger partial charge in [0.05, 0.1) is 18.7 Å². The Kier molecular flexibility index (Phi) is 4.77. The third-order valence-corrected chi connectivity index (χ3v) is 3.39. The SMILES string of the molecule is CC(C)[C@H](N[C@H](CO)c1ccccc1)c1ccc[nH]1. The molecule has 102 valence electrons. The molecule has 1 heterocycles. The van der Waals surface area contributed by atoms with E-state index in [1.54, 1.807) is 0 Å². The van der Waals surface area contributed by atoms with Crippen LogP contribution < -0.4 is 5.32 Å². The molecule has 3 heteroatoms. The number of benzene rings is 1. The molecule has 2 rings (SSSR count). The lowest BCUT2D eigenvalue weighted by atomic mass is 9.98. The number of aliphatic hydroxyl groups is 1. The van der Waals surface area contributed by atoms with Crippen LogP contribution in [-0.4, -0.2) is 16.7 Å². The minimum absolute atomic E-state index is 0.0445. The molecule has 2 atom stereocenters. The molecule has 0 saturated carbocycles. The van der Waals surface area contributed by atoms with Gasteiger partial charge in [-0.3, -0.25) is 5.32 Å². The molecular weight excluding hydrogens is 236 g/mol. The molecule has 0 aliphatic heterocycles. The molecule has 3 N–H and O–H groups in total. The van der Waals surface area contributed by atoms with Gasteiger partial charge in [-0.15, -0.1) is 0 Å². The highest BCUT2D eigenvalue weighted by Crippen LogP contribution is 2.24. The number of hydrogen-bond donors (Lipinski definition) is 3. The molecule has 0 bridgehead atoms. The molecule has 0 unspecified atom stereocenters. The van der Waals surface area contributed by atoms with Crippen molar-refractivity contribution in [2.24, 2.45) is 5.92 Å². The number of H-pyrrole nitrogens is 1. The van der Waals surface area contributed by atoms with Crippen molar-refractivity contribution in [1.82, 2.24) is 10.3 Å². The lowest BCUT2D eigenvalue weighted by Gasteiger charge is -2.27. The van der Waals surface area contributed by atoms with Crippen LogP contribution in [0.4, 0.5) is 0 Å². The molecule has 0 saturated heterocycles. The van der Waals surface area contributed by atoms with Gasteiger partial charge in [-0.25, -0.2) is 0 Å². The van der Waals surface area contributed by atoms with E-state index in [9.17, 15) is 5.11 Å². The number of nitrogens with one attached hydrogen (secondary N) is 2. The van der Waals surface area contributed by atoms with Gasteiger partial charge in [0, 0.05) is 11.9 Å². The summed E-state index contributed by atoms with van der Waals surface area (Å²) in [6.07, 6.45) is 1.93. The van der Waals surface area contributed by atoms with Crippen LogP contribution in [0.25, 0.3) is 0 Å². The first-order valence-corrected chi connectivity index (χ1v) is 6.77. The standard InChI is InChI=1S/C16H22N2O/c1-12(2)16(14-9-6-10-17-14)18-15(11-19)13-7-4-3-5-8-13/h3-10,12,15-19H,11H2,1-2H3/t15-,16+/m1/s1. The number of aliphatic hydroxyl groups excluding tert-OH is 1. The number of hydrogen-bond acceptors (Lipinski definition) is 2. The summed E-state index contributed by atoms with van der Waals surface area (Å²) in [5, 5.41) is 13.2. The largest absolute Gasteiger partial charge is 0.394 e. The first-order valence-electron chi connectivity index (χ1n) is 6.77. The zero-order chi connectivity index (χ0) is 13.7. The number of rotatable bonds is 6. The van der Waals surface area contributed by atoms with Gasteiger partial charge in [0.1, 0.15) is 0 Å². The summed E-state index contributed by atoms with van der Waals surface area (Å²) < 4.78 is 0. The van der Waals surface area contributed by atoms with Gasteiger partial charge >= 0.3 is 0 Å². The monoisotopic (exact) mass is 258 g/mol. The quantitative estimate of drug-likeness (QED) is 0.746. The minimum Gasteiger partial charge on any atom is -0.394 e. The van der Waals surface area contributed by atoms with Crippen molar-refractivity contribution in [3.63, 3.8) is 0 Å². The Morgan fingerprint density at radius 2 is 1.84 bits per heavy atom. The van der Waals surface area contributed by atoms with Crippen molar-refractivity contribution >= 4 is 0 Å². The summed E-state index contributed by atoms with van der Waals surface area (Å²) >= 11 is 0. The third kappa shape index (κ3) is 3.46. The van der Waals surface area contributed by atoms with E-state index in [1.807, 2.05) is 42.6 Å². The highest BCUT2D eigenvalue weighted by molar-refractivity contribution is 5.20. The maximum absolute atomic E-state index is 9.63. The highest BCUT2D eigenvalue weighted by Gasteiger charge is 2.21. The first-order chi connectivity index (χ1) is 9.22. The molecule has 0 fully saturated rings. The Morgan fingerprint density at radius 1 is 1.11 bits per heavy atom. The van der Waals surface area contributed by atoms with E-state index in [-0.39, 0.29) is 18.7 Å². The van der Waals surface area contributed by atoms with Gasteiger partial charge in [-0.1, -0.05) is 44.2 Å². The molecule has 19 heavy (non-hydrogen) atoms. The molecule has 0 radical (unpaired) electrons. The average molecular weight is 258 g/mol.